The van der Waals surface area contributed by atoms with Crippen LogP contribution in [0.2, 0.25) is 0 Å². The van der Waals surface area contributed by atoms with Crippen molar-refractivity contribution in [2.45, 2.75) is 26.3 Å². The van der Waals surface area contributed by atoms with Crippen molar-refractivity contribution in [3.05, 3.63) is 63.9 Å². The van der Waals surface area contributed by atoms with E-state index in [1.807, 2.05) is 30.7 Å². The lowest BCUT2D eigenvalue weighted by atomic mass is 10.1. The molecule has 2 N–H and O–H groups in total. The number of ether oxygens (including phenoxy) is 1. The van der Waals surface area contributed by atoms with E-state index in [4.69, 9.17) is 9.73 Å². The molecule has 1 aromatic carbocycles. The van der Waals surface area contributed by atoms with Crippen LogP contribution in [0, 0.1) is 6.92 Å². The van der Waals surface area contributed by atoms with Crippen LogP contribution in [0.1, 0.15) is 22.1 Å². The van der Waals surface area contributed by atoms with Gasteiger partial charge in [-0.3, -0.25) is 0 Å². The van der Waals surface area contributed by atoms with E-state index in [2.05, 4.69) is 50.5 Å². The van der Waals surface area contributed by atoms with E-state index < -0.39 is 0 Å². The normalized spacial score (nSPS) is 11.1. The molecule has 7 nitrogen and oxygen atoms in total. The molecule has 3 aromatic rings. The Morgan fingerprint density at radius 2 is 1.83 bits per heavy atom. The molecule has 0 aliphatic heterocycles. The van der Waals surface area contributed by atoms with E-state index in [-0.39, 0.29) is 24.0 Å². The van der Waals surface area contributed by atoms with Crippen molar-refractivity contribution in [2.75, 3.05) is 20.2 Å². The average molecular weight is 540 g/mol. The van der Waals surface area contributed by atoms with Crippen LogP contribution in [0.15, 0.2) is 46.8 Å². The summed E-state index contributed by atoms with van der Waals surface area (Å²) < 4.78 is 7.18. The molecule has 0 spiro atoms. The molecular formula is C21H29IN6OS. The van der Waals surface area contributed by atoms with Gasteiger partial charge >= 0.3 is 0 Å². The molecule has 0 saturated heterocycles. The second kappa shape index (κ2) is 12.5. The molecule has 0 saturated carbocycles. The third-order valence-corrected chi connectivity index (χ3v) is 5.61. The Hall–Kier alpha value is -2.14. The van der Waals surface area contributed by atoms with Crippen LogP contribution in [0.3, 0.4) is 0 Å². The predicted molar refractivity (Wildman–Crippen MR) is 133 cm³/mol. The van der Waals surface area contributed by atoms with Crippen molar-refractivity contribution in [3.63, 3.8) is 0 Å². The third-order valence-electron chi connectivity index (χ3n) is 4.67. The van der Waals surface area contributed by atoms with Gasteiger partial charge in [0, 0.05) is 25.0 Å². The fourth-order valence-electron chi connectivity index (χ4n) is 2.79. The number of aryl methyl sites for hydroxylation is 1. The van der Waals surface area contributed by atoms with Crippen LogP contribution in [0.4, 0.5) is 0 Å². The number of methoxy groups -OCH3 is 1. The summed E-state index contributed by atoms with van der Waals surface area (Å²) in [5, 5.41) is 17.3. The van der Waals surface area contributed by atoms with Crippen molar-refractivity contribution in [1.29, 1.82) is 0 Å². The highest BCUT2D eigenvalue weighted by atomic mass is 127. The summed E-state index contributed by atoms with van der Waals surface area (Å²) in [6, 6.07) is 12.4. The van der Waals surface area contributed by atoms with Gasteiger partial charge in [0.05, 0.1) is 7.11 Å². The Balaban J connectivity index is 0.00000320. The summed E-state index contributed by atoms with van der Waals surface area (Å²) in [6.45, 7) is 4.03. The fraction of sp³-hybridized carbons (Fsp3) is 0.381. The minimum atomic E-state index is 0. The van der Waals surface area contributed by atoms with Crippen LogP contribution >= 0.6 is 35.3 Å². The molecule has 2 heterocycles. The molecule has 3 rings (SSSR count). The summed E-state index contributed by atoms with van der Waals surface area (Å²) in [4.78, 5) is 6.06. The number of nitrogens with zero attached hydrogens (tertiary/aromatic N) is 4. The summed E-state index contributed by atoms with van der Waals surface area (Å²) in [7, 11) is 3.64. The topological polar surface area (TPSA) is 76.4 Å². The largest absolute Gasteiger partial charge is 0.497 e. The van der Waals surface area contributed by atoms with Crippen LogP contribution in [0.25, 0.3) is 0 Å². The quantitative estimate of drug-likeness (QED) is 0.248. The second-order valence-electron chi connectivity index (χ2n) is 6.67. The number of aliphatic imine (C=N–C) groups is 1. The first-order chi connectivity index (χ1) is 14.2. The smallest absolute Gasteiger partial charge is 0.191 e. The number of thiophene rings is 1. The highest BCUT2D eigenvalue weighted by Crippen LogP contribution is 2.11. The Morgan fingerprint density at radius 3 is 2.43 bits per heavy atom. The van der Waals surface area contributed by atoms with Crippen LogP contribution in [-0.4, -0.2) is 40.9 Å². The van der Waals surface area contributed by atoms with Gasteiger partial charge in [-0.15, -0.1) is 45.5 Å². The standard InChI is InChI=1S/C21H28N6OS.HI/c1-16-25-26-20(27(16)2)15-24-21(23-13-11-19-5-4-14-29-19)22-12-10-17-6-8-18(28-3)9-7-17;/h4-9,14H,10-13,15H2,1-3H3,(H2,22,23,24);1H. The van der Waals surface area contributed by atoms with Crippen LogP contribution in [0.5, 0.6) is 5.75 Å². The second-order valence-corrected chi connectivity index (χ2v) is 7.70. The number of halogens is 1. The van der Waals surface area contributed by atoms with Gasteiger partial charge in [0.25, 0.3) is 0 Å². The molecule has 0 amide bonds. The third kappa shape index (κ3) is 7.28. The minimum absolute atomic E-state index is 0. The van der Waals surface area contributed by atoms with E-state index in [1.165, 1.54) is 10.4 Å². The number of hydrogen-bond donors (Lipinski definition) is 2. The van der Waals surface area contributed by atoms with Gasteiger partial charge in [0.1, 0.15) is 18.1 Å². The monoisotopic (exact) mass is 540 g/mol. The Bertz CT molecular complexity index is 908. The van der Waals surface area contributed by atoms with Crippen molar-refractivity contribution in [3.8, 4) is 5.75 Å². The van der Waals surface area contributed by atoms with Crippen LogP contribution < -0.4 is 15.4 Å². The zero-order valence-electron chi connectivity index (χ0n) is 17.6. The summed E-state index contributed by atoms with van der Waals surface area (Å²) in [5.41, 5.74) is 1.25. The Morgan fingerprint density at radius 1 is 1.10 bits per heavy atom. The van der Waals surface area contributed by atoms with Crippen LogP contribution in [-0.2, 0) is 26.4 Å². The Kier molecular flexibility index (Phi) is 10.1. The average Bonchev–Trinajstić information content (AvgIpc) is 3.37. The van der Waals surface area contributed by atoms with Crippen molar-refractivity contribution >= 4 is 41.3 Å². The summed E-state index contributed by atoms with van der Waals surface area (Å²) >= 11 is 1.78. The molecule has 0 atom stereocenters. The van der Waals surface area contributed by atoms with E-state index in [9.17, 15) is 0 Å². The molecule has 0 aliphatic rings. The van der Waals surface area contributed by atoms with Crippen molar-refractivity contribution in [1.82, 2.24) is 25.4 Å². The molecular weight excluding hydrogens is 511 g/mol. The fourth-order valence-corrected chi connectivity index (χ4v) is 3.50. The molecule has 0 fully saturated rings. The molecule has 0 radical (unpaired) electrons. The number of hydrogen-bond acceptors (Lipinski definition) is 5. The summed E-state index contributed by atoms with van der Waals surface area (Å²) in [6.07, 6.45) is 1.87. The first-order valence-electron chi connectivity index (χ1n) is 9.68. The number of nitrogens with one attached hydrogen (secondary N) is 2. The van der Waals surface area contributed by atoms with Gasteiger partial charge in [-0.1, -0.05) is 18.2 Å². The lowest BCUT2D eigenvalue weighted by molar-refractivity contribution is 0.414. The Labute approximate surface area is 199 Å². The zero-order chi connectivity index (χ0) is 20.5. The maximum Gasteiger partial charge on any atom is 0.191 e. The van der Waals surface area contributed by atoms with Gasteiger partial charge in [-0.05, 0) is 48.9 Å². The lowest BCUT2D eigenvalue weighted by Crippen LogP contribution is -2.39. The highest BCUT2D eigenvalue weighted by Gasteiger charge is 2.06. The van der Waals surface area contributed by atoms with Gasteiger partial charge in [-0.25, -0.2) is 4.99 Å². The van der Waals surface area contributed by atoms with E-state index in [0.717, 1.165) is 49.3 Å². The highest BCUT2D eigenvalue weighted by molar-refractivity contribution is 14.0. The molecule has 30 heavy (non-hydrogen) atoms. The van der Waals surface area contributed by atoms with E-state index >= 15 is 0 Å². The predicted octanol–water partition coefficient (Wildman–Crippen LogP) is 3.33. The number of benzene rings is 1. The zero-order valence-corrected chi connectivity index (χ0v) is 20.7. The van der Waals surface area contributed by atoms with Gasteiger partial charge in [0.15, 0.2) is 11.8 Å². The molecule has 0 unspecified atom stereocenters. The number of rotatable bonds is 9. The molecule has 0 bridgehead atoms. The maximum absolute atomic E-state index is 5.22. The number of aromatic nitrogens is 3. The molecule has 162 valence electrons. The summed E-state index contributed by atoms with van der Waals surface area (Å²) in [5.74, 6) is 3.39. The van der Waals surface area contributed by atoms with Crippen molar-refractivity contribution in [2.24, 2.45) is 12.0 Å². The lowest BCUT2D eigenvalue weighted by Gasteiger charge is -2.13. The van der Waals surface area contributed by atoms with Gasteiger partial charge in [0.2, 0.25) is 0 Å². The molecule has 0 aliphatic carbocycles. The van der Waals surface area contributed by atoms with E-state index in [1.54, 1.807) is 18.4 Å². The molecule has 2 aromatic heterocycles. The SMILES string of the molecule is COc1ccc(CCNC(=NCc2nnc(C)n2C)NCCc2cccs2)cc1.I. The molecule has 9 heteroatoms. The minimum Gasteiger partial charge on any atom is -0.497 e. The number of guanidine groups is 1. The van der Waals surface area contributed by atoms with Gasteiger partial charge in [-0.2, -0.15) is 0 Å². The maximum atomic E-state index is 5.22. The first-order valence-corrected chi connectivity index (χ1v) is 10.6. The van der Waals surface area contributed by atoms with Gasteiger partial charge < -0.3 is 19.9 Å². The van der Waals surface area contributed by atoms with E-state index in [0.29, 0.717) is 6.54 Å². The first kappa shape index (κ1) is 24.1. The van der Waals surface area contributed by atoms with Crippen molar-refractivity contribution < 1.29 is 4.74 Å².